The first-order valence-electron chi connectivity index (χ1n) is 6.38. The standard InChI is InChI=1S/C15H20N2O/c1-3-11-17(12-10-16)15(18)9-8-14-7-5-4-6-13(14)2/h4-7H,3,8-9,11-12H2,1-2H3. The highest BCUT2D eigenvalue weighted by atomic mass is 16.2. The third-order valence-electron chi connectivity index (χ3n) is 2.98. The smallest absolute Gasteiger partial charge is 0.223 e. The number of hydrogen-bond donors (Lipinski definition) is 0. The lowest BCUT2D eigenvalue weighted by atomic mass is 10.0. The van der Waals surface area contributed by atoms with E-state index in [2.05, 4.69) is 19.1 Å². The minimum atomic E-state index is 0.0710. The summed E-state index contributed by atoms with van der Waals surface area (Å²) in [4.78, 5) is 13.6. The summed E-state index contributed by atoms with van der Waals surface area (Å²) in [5.74, 6) is 0.0710. The molecule has 96 valence electrons. The van der Waals surface area contributed by atoms with Gasteiger partial charge in [-0.25, -0.2) is 0 Å². The lowest BCUT2D eigenvalue weighted by Crippen LogP contribution is -2.32. The van der Waals surface area contributed by atoms with Gasteiger partial charge in [-0.1, -0.05) is 31.2 Å². The number of carbonyl (C=O) groups is 1. The quantitative estimate of drug-likeness (QED) is 0.722. The Morgan fingerprint density at radius 1 is 1.39 bits per heavy atom. The van der Waals surface area contributed by atoms with E-state index in [0.717, 1.165) is 12.8 Å². The molecule has 1 rings (SSSR count). The Balaban J connectivity index is 2.54. The molecule has 0 fully saturated rings. The van der Waals surface area contributed by atoms with Crippen LogP contribution in [0.4, 0.5) is 0 Å². The summed E-state index contributed by atoms with van der Waals surface area (Å²) >= 11 is 0. The second-order valence-electron chi connectivity index (χ2n) is 4.40. The molecule has 0 aliphatic rings. The normalized spacial score (nSPS) is 9.83. The Kier molecular flexibility index (Phi) is 5.93. The molecule has 0 spiro atoms. The molecule has 3 nitrogen and oxygen atoms in total. The van der Waals surface area contributed by atoms with Gasteiger partial charge in [0.25, 0.3) is 0 Å². The van der Waals surface area contributed by atoms with Gasteiger partial charge >= 0.3 is 0 Å². The van der Waals surface area contributed by atoms with Crippen LogP contribution in [-0.4, -0.2) is 23.9 Å². The van der Waals surface area contributed by atoms with Crippen LogP contribution in [0.2, 0.25) is 0 Å². The predicted octanol–water partition coefficient (Wildman–Crippen LogP) is 2.69. The zero-order valence-electron chi connectivity index (χ0n) is 11.1. The minimum Gasteiger partial charge on any atom is -0.329 e. The number of nitriles is 1. The van der Waals surface area contributed by atoms with E-state index in [-0.39, 0.29) is 12.5 Å². The molecule has 0 N–H and O–H groups in total. The van der Waals surface area contributed by atoms with Gasteiger partial charge in [-0.05, 0) is 30.9 Å². The lowest BCUT2D eigenvalue weighted by molar-refractivity contribution is -0.130. The summed E-state index contributed by atoms with van der Waals surface area (Å²) < 4.78 is 0. The van der Waals surface area contributed by atoms with E-state index in [0.29, 0.717) is 13.0 Å². The maximum Gasteiger partial charge on any atom is 0.223 e. The molecule has 0 unspecified atom stereocenters. The SMILES string of the molecule is CCCN(CC#N)C(=O)CCc1ccccc1C. The van der Waals surface area contributed by atoms with E-state index in [9.17, 15) is 4.79 Å². The van der Waals surface area contributed by atoms with Gasteiger partial charge in [0.05, 0.1) is 6.07 Å². The van der Waals surface area contributed by atoms with Crippen LogP contribution in [-0.2, 0) is 11.2 Å². The van der Waals surface area contributed by atoms with E-state index in [1.54, 1.807) is 4.90 Å². The van der Waals surface area contributed by atoms with E-state index in [4.69, 9.17) is 5.26 Å². The molecule has 0 radical (unpaired) electrons. The fourth-order valence-electron chi connectivity index (χ4n) is 1.94. The molecule has 1 aromatic rings. The Labute approximate surface area is 109 Å². The largest absolute Gasteiger partial charge is 0.329 e. The monoisotopic (exact) mass is 244 g/mol. The highest BCUT2D eigenvalue weighted by Crippen LogP contribution is 2.10. The average Bonchev–Trinajstić information content (AvgIpc) is 2.37. The van der Waals surface area contributed by atoms with Crippen molar-refractivity contribution in [3.8, 4) is 6.07 Å². The number of rotatable bonds is 6. The van der Waals surface area contributed by atoms with Crippen molar-refractivity contribution in [2.24, 2.45) is 0 Å². The fourth-order valence-corrected chi connectivity index (χ4v) is 1.94. The van der Waals surface area contributed by atoms with Crippen LogP contribution < -0.4 is 0 Å². The topological polar surface area (TPSA) is 44.1 Å². The first-order valence-corrected chi connectivity index (χ1v) is 6.38. The Morgan fingerprint density at radius 2 is 2.11 bits per heavy atom. The summed E-state index contributed by atoms with van der Waals surface area (Å²) in [6, 6.07) is 10.1. The Morgan fingerprint density at radius 3 is 2.72 bits per heavy atom. The van der Waals surface area contributed by atoms with Crippen molar-refractivity contribution in [1.82, 2.24) is 4.90 Å². The van der Waals surface area contributed by atoms with Gasteiger partial charge in [0.2, 0.25) is 5.91 Å². The number of amides is 1. The van der Waals surface area contributed by atoms with Gasteiger partial charge in [-0.15, -0.1) is 0 Å². The molecule has 18 heavy (non-hydrogen) atoms. The second kappa shape index (κ2) is 7.50. The van der Waals surface area contributed by atoms with Crippen molar-refractivity contribution < 1.29 is 4.79 Å². The Hall–Kier alpha value is -1.82. The number of nitrogens with zero attached hydrogens (tertiary/aromatic N) is 2. The minimum absolute atomic E-state index is 0.0710. The van der Waals surface area contributed by atoms with Gasteiger partial charge in [0.15, 0.2) is 0 Å². The zero-order valence-corrected chi connectivity index (χ0v) is 11.1. The number of aryl methyl sites for hydroxylation is 2. The van der Waals surface area contributed by atoms with Crippen molar-refractivity contribution in [2.75, 3.05) is 13.1 Å². The van der Waals surface area contributed by atoms with Crippen LogP contribution >= 0.6 is 0 Å². The molecule has 1 aromatic carbocycles. The molecule has 0 bridgehead atoms. The number of hydrogen-bond acceptors (Lipinski definition) is 2. The molecule has 3 heteroatoms. The maximum absolute atomic E-state index is 12.0. The predicted molar refractivity (Wildman–Crippen MR) is 72.0 cm³/mol. The number of benzene rings is 1. The van der Waals surface area contributed by atoms with Crippen LogP contribution in [0.25, 0.3) is 0 Å². The molecule has 0 saturated carbocycles. The van der Waals surface area contributed by atoms with Crippen LogP contribution in [0.1, 0.15) is 30.9 Å². The van der Waals surface area contributed by atoms with E-state index in [1.165, 1.54) is 11.1 Å². The van der Waals surface area contributed by atoms with Crippen LogP contribution in [0.5, 0.6) is 0 Å². The van der Waals surface area contributed by atoms with Gasteiger partial charge in [0.1, 0.15) is 6.54 Å². The summed E-state index contributed by atoms with van der Waals surface area (Å²) in [5.41, 5.74) is 2.42. The summed E-state index contributed by atoms with van der Waals surface area (Å²) in [5, 5.41) is 8.70. The van der Waals surface area contributed by atoms with Gasteiger partial charge in [-0.2, -0.15) is 5.26 Å². The molecule has 0 heterocycles. The first-order chi connectivity index (χ1) is 8.69. The molecular formula is C15H20N2O. The summed E-state index contributed by atoms with van der Waals surface area (Å²) in [6.45, 7) is 4.93. The van der Waals surface area contributed by atoms with Crippen LogP contribution in [0, 0.1) is 18.3 Å². The second-order valence-corrected chi connectivity index (χ2v) is 4.40. The van der Waals surface area contributed by atoms with Crippen molar-refractivity contribution in [1.29, 1.82) is 5.26 Å². The van der Waals surface area contributed by atoms with Crippen LogP contribution in [0.15, 0.2) is 24.3 Å². The number of carbonyl (C=O) groups excluding carboxylic acids is 1. The molecule has 0 aliphatic carbocycles. The van der Waals surface area contributed by atoms with Crippen molar-refractivity contribution >= 4 is 5.91 Å². The summed E-state index contributed by atoms with van der Waals surface area (Å²) in [7, 11) is 0. The van der Waals surface area contributed by atoms with Crippen molar-refractivity contribution in [3.05, 3.63) is 35.4 Å². The lowest BCUT2D eigenvalue weighted by Gasteiger charge is -2.18. The Bertz CT molecular complexity index is 434. The highest BCUT2D eigenvalue weighted by molar-refractivity contribution is 5.76. The molecule has 0 aromatic heterocycles. The van der Waals surface area contributed by atoms with Crippen molar-refractivity contribution in [3.63, 3.8) is 0 Å². The molecule has 0 aliphatic heterocycles. The van der Waals surface area contributed by atoms with E-state index < -0.39 is 0 Å². The van der Waals surface area contributed by atoms with Gasteiger partial charge in [-0.3, -0.25) is 4.79 Å². The zero-order chi connectivity index (χ0) is 13.4. The third kappa shape index (κ3) is 4.21. The van der Waals surface area contributed by atoms with Gasteiger partial charge in [0, 0.05) is 13.0 Å². The van der Waals surface area contributed by atoms with E-state index in [1.807, 2.05) is 25.1 Å². The fraction of sp³-hybridized carbons (Fsp3) is 0.467. The molecular weight excluding hydrogens is 224 g/mol. The van der Waals surface area contributed by atoms with Gasteiger partial charge < -0.3 is 4.90 Å². The van der Waals surface area contributed by atoms with Crippen LogP contribution in [0.3, 0.4) is 0 Å². The highest BCUT2D eigenvalue weighted by Gasteiger charge is 2.12. The average molecular weight is 244 g/mol. The first kappa shape index (κ1) is 14.2. The summed E-state index contributed by atoms with van der Waals surface area (Å²) in [6.07, 6.45) is 2.11. The van der Waals surface area contributed by atoms with E-state index >= 15 is 0 Å². The molecule has 0 atom stereocenters. The maximum atomic E-state index is 12.0. The third-order valence-corrected chi connectivity index (χ3v) is 2.98. The molecule has 1 amide bonds. The molecule has 0 saturated heterocycles. The van der Waals surface area contributed by atoms with Crippen molar-refractivity contribution in [2.45, 2.75) is 33.1 Å².